The molecule has 1 aromatic carbocycles. The van der Waals surface area contributed by atoms with Crippen molar-refractivity contribution < 1.29 is 13.9 Å². The molecule has 2 bridgehead atoms. The molecule has 3 heterocycles. The van der Waals surface area contributed by atoms with Crippen LogP contribution in [0.1, 0.15) is 56.0 Å². The van der Waals surface area contributed by atoms with Gasteiger partial charge >= 0.3 is 0 Å². The van der Waals surface area contributed by atoms with Gasteiger partial charge < -0.3 is 10.0 Å². The molecule has 1 unspecified atom stereocenters. The highest BCUT2D eigenvalue weighted by molar-refractivity contribution is 5.64. The second kappa shape index (κ2) is 7.00. The minimum atomic E-state index is -0.644. The van der Waals surface area contributed by atoms with Gasteiger partial charge in [-0.25, -0.2) is 18.7 Å². The Kier molecular flexibility index (Phi) is 4.37. The number of rotatable bonds is 3. The fourth-order valence-electron chi connectivity index (χ4n) is 6.42. The number of hydrogen-bond acceptors (Lipinski definition) is 6. The Balaban J connectivity index is 1.49. The van der Waals surface area contributed by atoms with Gasteiger partial charge in [0.1, 0.15) is 11.6 Å². The van der Waals surface area contributed by atoms with Crippen molar-refractivity contribution in [3.8, 4) is 11.3 Å². The molecule has 8 heteroatoms. The first kappa shape index (κ1) is 20.6. The summed E-state index contributed by atoms with van der Waals surface area (Å²) in [6, 6.07) is 7.59. The van der Waals surface area contributed by atoms with Gasteiger partial charge in [-0.15, -0.1) is 5.10 Å². The van der Waals surface area contributed by atoms with Crippen LogP contribution in [0.2, 0.25) is 0 Å². The topological polar surface area (TPSA) is 75.0 Å². The molecular formula is C25H25F2N5O. The highest BCUT2D eigenvalue weighted by atomic mass is 19.1. The molecule has 2 aliphatic carbocycles. The molecular weight excluding hydrogens is 424 g/mol. The molecule has 33 heavy (non-hydrogen) atoms. The lowest BCUT2D eigenvalue weighted by atomic mass is 9.66. The lowest BCUT2D eigenvalue weighted by Gasteiger charge is -2.37. The Labute approximate surface area is 190 Å². The number of aliphatic hydroxyl groups excluding tert-OH is 1. The molecule has 2 aromatic heterocycles. The highest BCUT2D eigenvalue weighted by Gasteiger charge is 2.65. The predicted molar refractivity (Wildman–Crippen MR) is 119 cm³/mol. The summed E-state index contributed by atoms with van der Waals surface area (Å²) in [6.07, 6.45) is 3.93. The first-order chi connectivity index (χ1) is 15.8. The third kappa shape index (κ3) is 2.73. The van der Waals surface area contributed by atoms with Gasteiger partial charge in [0.15, 0.2) is 0 Å². The number of fused-ring (bicyclic) bond motifs is 5. The normalized spacial score (nSPS) is 27.2. The molecule has 6 rings (SSSR count). The van der Waals surface area contributed by atoms with Crippen LogP contribution in [0.3, 0.4) is 0 Å². The maximum Gasteiger partial charge on any atom is 0.225 e. The largest absolute Gasteiger partial charge is 0.391 e. The average molecular weight is 450 g/mol. The van der Waals surface area contributed by atoms with Crippen LogP contribution < -0.4 is 4.90 Å². The van der Waals surface area contributed by atoms with E-state index in [-0.39, 0.29) is 28.7 Å². The summed E-state index contributed by atoms with van der Waals surface area (Å²) in [7, 11) is 0. The number of aliphatic hydroxyl groups is 1. The van der Waals surface area contributed by atoms with Gasteiger partial charge in [0.2, 0.25) is 5.95 Å². The van der Waals surface area contributed by atoms with Crippen LogP contribution in [-0.2, 0) is 5.41 Å². The zero-order chi connectivity index (χ0) is 23.0. The SMILES string of the molecule is CC1(C)[C@H]2CCC1(c1ccnc(N3CC[C@H](O)C3)n1)c1nnc(-c3c(F)cccc3F)cc12. The fraction of sp³-hybridized carbons (Fsp3) is 0.440. The number of anilines is 1. The van der Waals surface area contributed by atoms with Gasteiger partial charge in [0, 0.05) is 19.3 Å². The van der Waals surface area contributed by atoms with Crippen molar-refractivity contribution in [3.63, 3.8) is 0 Å². The summed E-state index contributed by atoms with van der Waals surface area (Å²) in [5.74, 6) is -0.489. The molecule has 2 fully saturated rings. The Morgan fingerprint density at radius 2 is 1.88 bits per heavy atom. The zero-order valence-electron chi connectivity index (χ0n) is 18.6. The monoisotopic (exact) mass is 449 g/mol. The molecule has 1 saturated heterocycles. The summed E-state index contributed by atoms with van der Waals surface area (Å²) >= 11 is 0. The van der Waals surface area contributed by atoms with Gasteiger partial charge in [-0.1, -0.05) is 19.9 Å². The van der Waals surface area contributed by atoms with E-state index in [9.17, 15) is 13.9 Å². The second-order valence-corrected chi connectivity index (χ2v) is 9.98. The summed E-state index contributed by atoms with van der Waals surface area (Å²) in [5.41, 5.74) is 2.15. The second-order valence-electron chi connectivity index (χ2n) is 9.98. The molecule has 0 spiro atoms. The van der Waals surface area contributed by atoms with Crippen LogP contribution in [-0.4, -0.2) is 44.5 Å². The quantitative estimate of drug-likeness (QED) is 0.652. The van der Waals surface area contributed by atoms with Gasteiger partial charge in [-0.3, -0.25) is 0 Å². The van der Waals surface area contributed by atoms with Crippen LogP contribution in [0, 0.1) is 17.0 Å². The van der Waals surface area contributed by atoms with Crippen LogP contribution in [0.15, 0.2) is 36.5 Å². The molecule has 1 N–H and O–H groups in total. The Hall–Kier alpha value is -3.00. The first-order valence-electron chi connectivity index (χ1n) is 11.4. The van der Waals surface area contributed by atoms with E-state index in [2.05, 4.69) is 29.0 Å². The number of nitrogens with zero attached hydrogens (tertiary/aromatic N) is 5. The molecule has 6 nitrogen and oxygen atoms in total. The number of halogens is 2. The van der Waals surface area contributed by atoms with Gasteiger partial charge in [0.05, 0.1) is 34.2 Å². The number of aromatic nitrogens is 4. The maximum atomic E-state index is 14.4. The summed E-state index contributed by atoms with van der Waals surface area (Å²) in [4.78, 5) is 11.4. The molecule has 3 aliphatic rings. The van der Waals surface area contributed by atoms with E-state index in [0.29, 0.717) is 18.9 Å². The van der Waals surface area contributed by atoms with Crippen molar-refractivity contribution in [1.82, 2.24) is 20.2 Å². The van der Waals surface area contributed by atoms with E-state index in [1.54, 1.807) is 6.20 Å². The van der Waals surface area contributed by atoms with Crippen molar-refractivity contribution in [2.24, 2.45) is 5.41 Å². The molecule has 1 saturated carbocycles. The van der Waals surface area contributed by atoms with Gasteiger partial charge in [-0.05, 0) is 60.4 Å². The van der Waals surface area contributed by atoms with Crippen LogP contribution >= 0.6 is 0 Å². The van der Waals surface area contributed by atoms with Crippen molar-refractivity contribution in [3.05, 3.63) is 65.1 Å². The maximum absolute atomic E-state index is 14.4. The minimum absolute atomic E-state index is 0.139. The average Bonchev–Trinajstić information content (AvgIpc) is 3.40. The highest BCUT2D eigenvalue weighted by Crippen LogP contribution is 2.69. The van der Waals surface area contributed by atoms with Crippen molar-refractivity contribution in [2.75, 3.05) is 18.0 Å². The minimum Gasteiger partial charge on any atom is -0.391 e. The van der Waals surface area contributed by atoms with Crippen LogP contribution in [0.25, 0.3) is 11.3 Å². The lowest BCUT2D eigenvalue weighted by Crippen LogP contribution is -2.38. The van der Waals surface area contributed by atoms with E-state index < -0.39 is 17.0 Å². The third-order valence-electron chi connectivity index (χ3n) is 8.13. The van der Waals surface area contributed by atoms with E-state index in [1.807, 2.05) is 17.0 Å². The van der Waals surface area contributed by atoms with Crippen molar-refractivity contribution in [2.45, 2.75) is 50.5 Å². The first-order valence-corrected chi connectivity index (χ1v) is 11.4. The molecule has 0 radical (unpaired) electrons. The number of β-amino-alcohol motifs (C(OH)–C–C–N with tert-alkyl or cyclic N) is 1. The van der Waals surface area contributed by atoms with Crippen molar-refractivity contribution in [1.29, 1.82) is 0 Å². The van der Waals surface area contributed by atoms with E-state index in [1.165, 1.54) is 18.2 Å². The Bertz CT molecular complexity index is 1250. The summed E-state index contributed by atoms with van der Waals surface area (Å²) < 4.78 is 28.9. The predicted octanol–water partition coefficient (Wildman–Crippen LogP) is 3.99. The van der Waals surface area contributed by atoms with Gasteiger partial charge in [0.25, 0.3) is 0 Å². The summed E-state index contributed by atoms with van der Waals surface area (Å²) in [6.45, 7) is 5.68. The van der Waals surface area contributed by atoms with E-state index >= 15 is 0 Å². The Morgan fingerprint density at radius 1 is 1.09 bits per heavy atom. The standard InChI is InChI=1S/C25H25F2N5O/c1-24(2)16-6-9-25(24,20-7-10-28-23(29-20)32-11-8-14(33)13-32)22-15(16)12-19(30-31-22)21-17(26)4-3-5-18(21)27/h3-5,7,10,12,14,16,33H,6,8-9,11,13H2,1-2H3/t14-,16-,25?/m0/s1. The molecule has 1 aliphatic heterocycles. The van der Waals surface area contributed by atoms with Gasteiger partial charge in [-0.2, -0.15) is 5.10 Å². The van der Waals surface area contributed by atoms with Crippen molar-refractivity contribution >= 4 is 5.95 Å². The van der Waals surface area contributed by atoms with E-state index in [4.69, 9.17) is 4.98 Å². The summed E-state index contributed by atoms with van der Waals surface area (Å²) in [5, 5.41) is 18.8. The van der Waals surface area contributed by atoms with Crippen LogP contribution in [0.5, 0.6) is 0 Å². The number of hydrogen-bond donors (Lipinski definition) is 1. The molecule has 170 valence electrons. The zero-order valence-corrected chi connectivity index (χ0v) is 18.6. The van der Waals surface area contributed by atoms with E-state index in [0.717, 1.165) is 36.3 Å². The molecule has 0 amide bonds. The van der Waals surface area contributed by atoms with Crippen LogP contribution in [0.4, 0.5) is 14.7 Å². The lowest BCUT2D eigenvalue weighted by molar-refractivity contribution is 0.198. The third-order valence-corrected chi connectivity index (χ3v) is 8.13. The molecule has 3 aromatic rings. The Morgan fingerprint density at radius 3 is 2.61 bits per heavy atom. The number of benzene rings is 1. The fourth-order valence-corrected chi connectivity index (χ4v) is 6.42. The smallest absolute Gasteiger partial charge is 0.225 e. The molecule has 3 atom stereocenters.